The smallest absolute Gasteiger partial charge is 0.0699 e. The van der Waals surface area contributed by atoms with Gasteiger partial charge in [-0.15, -0.1) is 24.0 Å². The summed E-state index contributed by atoms with van der Waals surface area (Å²) in [4.78, 5) is 2.23. The molecule has 1 N–H and O–H groups in total. The lowest BCUT2D eigenvalue weighted by molar-refractivity contribution is 0.282. The number of aliphatic hydroxyl groups is 1. The summed E-state index contributed by atoms with van der Waals surface area (Å²) < 4.78 is 1.22. The topological polar surface area (TPSA) is 20.2 Å². The van der Waals surface area contributed by atoms with E-state index in [1.807, 2.05) is 12.1 Å². The predicted octanol–water partition coefficient (Wildman–Crippen LogP) is 3.24. The van der Waals surface area contributed by atoms with Crippen LogP contribution >= 0.6 is 24.0 Å². The SMILES string of the molecule is CCc1sc2cccc(S)c2c1CO. The van der Waals surface area contributed by atoms with Crippen molar-refractivity contribution in [3.05, 3.63) is 28.6 Å². The molecule has 2 rings (SSSR count). The van der Waals surface area contributed by atoms with Gasteiger partial charge in [0.1, 0.15) is 0 Å². The molecule has 0 unspecified atom stereocenters. The van der Waals surface area contributed by atoms with Gasteiger partial charge in [-0.3, -0.25) is 0 Å². The first-order chi connectivity index (χ1) is 6.77. The highest BCUT2D eigenvalue weighted by Crippen LogP contribution is 2.35. The maximum absolute atomic E-state index is 9.33. The highest BCUT2D eigenvalue weighted by molar-refractivity contribution is 7.80. The van der Waals surface area contributed by atoms with Crippen LogP contribution in [0.15, 0.2) is 23.1 Å². The minimum atomic E-state index is 0.112. The van der Waals surface area contributed by atoms with E-state index < -0.39 is 0 Å². The van der Waals surface area contributed by atoms with Crippen LogP contribution in [0.25, 0.3) is 10.1 Å². The van der Waals surface area contributed by atoms with Crippen molar-refractivity contribution in [3.8, 4) is 0 Å². The Balaban J connectivity index is 2.81. The molecule has 1 aromatic heterocycles. The van der Waals surface area contributed by atoms with Crippen LogP contribution in [0.1, 0.15) is 17.4 Å². The number of thiol groups is 1. The molecule has 0 amide bonds. The molecule has 0 fully saturated rings. The lowest BCUT2D eigenvalue weighted by Crippen LogP contribution is -1.86. The summed E-state index contributed by atoms with van der Waals surface area (Å²) in [6, 6.07) is 6.05. The van der Waals surface area contributed by atoms with Crippen molar-refractivity contribution in [1.29, 1.82) is 0 Å². The van der Waals surface area contributed by atoms with Crippen LogP contribution in [0, 0.1) is 0 Å². The van der Waals surface area contributed by atoms with Crippen LogP contribution in [0.5, 0.6) is 0 Å². The Morgan fingerprint density at radius 1 is 1.43 bits per heavy atom. The average molecular weight is 224 g/mol. The molecule has 3 heteroatoms. The molecule has 14 heavy (non-hydrogen) atoms. The second-order valence-corrected chi connectivity index (χ2v) is 4.78. The van der Waals surface area contributed by atoms with Crippen LogP contribution in [0.3, 0.4) is 0 Å². The molecule has 2 aromatic rings. The molecule has 74 valence electrons. The average Bonchev–Trinajstić information content (AvgIpc) is 2.56. The van der Waals surface area contributed by atoms with Crippen molar-refractivity contribution in [2.24, 2.45) is 0 Å². The van der Waals surface area contributed by atoms with Gasteiger partial charge < -0.3 is 5.11 Å². The molecule has 0 aliphatic heterocycles. The molecule has 1 nitrogen and oxygen atoms in total. The number of thiophene rings is 1. The lowest BCUT2D eigenvalue weighted by atomic mass is 10.1. The van der Waals surface area contributed by atoms with Crippen LogP contribution in [-0.2, 0) is 13.0 Å². The third kappa shape index (κ3) is 1.45. The van der Waals surface area contributed by atoms with Crippen molar-refractivity contribution >= 4 is 34.1 Å². The summed E-state index contributed by atoms with van der Waals surface area (Å²) in [5, 5.41) is 10.5. The third-order valence-corrected chi connectivity index (χ3v) is 4.07. The second-order valence-electron chi connectivity index (χ2n) is 3.17. The normalized spacial score (nSPS) is 11.1. The van der Waals surface area contributed by atoms with E-state index in [0.717, 1.165) is 22.3 Å². The summed E-state index contributed by atoms with van der Waals surface area (Å²) in [6.45, 7) is 2.23. The molecule has 0 saturated carbocycles. The van der Waals surface area contributed by atoms with Gasteiger partial charge in [-0.05, 0) is 18.6 Å². The highest BCUT2D eigenvalue weighted by Gasteiger charge is 2.11. The van der Waals surface area contributed by atoms with Gasteiger partial charge in [0.05, 0.1) is 6.61 Å². The number of hydrogen-bond acceptors (Lipinski definition) is 3. The molecule has 0 saturated heterocycles. The fourth-order valence-electron chi connectivity index (χ4n) is 1.69. The minimum absolute atomic E-state index is 0.112. The van der Waals surface area contributed by atoms with E-state index in [2.05, 4.69) is 25.6 Å². The second kappa shape index (κ2) is 3.93. The maximum Gasteiger partial charge on any atom is 0.0699 e. The quantitative estimate of drug-likeness (QED) is 0.750. The first-order valence-electron chi connectivity index (χ1n) is 4.61. The summed E-state index contributed by atoms with van der Waals surface area (Å²) in [5.41, 5.74) is 1.05. The van der Waals surface area contributed by atoms with E-state index >= 15 is 0 Å². The van der Waals surface area contributed by atoms with Crippen LogP contribution in [0.4, 0.5) is 0 Å². The molecule has 0 aliphatic carbocycles. The lowest BCUT2D eigenvalue weighted by Gasteiger charge is -1.99. The van der Waals surface area contributed by atoms with E-state index in [-0.39, 0.29) is 6.61 Å². The molecule has 1 heterocycles. The molecule has 0 atom stereocenters. The predicted molar refractivity (Wildman–Crippen MR) is 64.4 cm³/mol. The van der Waals surface area contributed by atoms with Crippen LogP contribution in [-0.4, -0.2) is 5.11 Å². The number of benzene rings is 1. The van der Waals surface area contributed by atoms with E-state index in [9.17, 15) is 5.11 Å². The summed E-state index contributed by atoms with van der Waals surface area (Å²) in [7, 11) is 0. The van der Waals surface area contributed by atoms with E-state index in [4.69, 9.17) is 0 Å². The van der Waals surface area contributed by atoms with Crippen molar-refractivity contribution in [1.82, 2.24) is 0 Å². The van der Waals surface area contributed by atoms with E-state index in [0.29, 0.717) is 0 Å². The van der Waals surface area contributed by atoms with Crippen LogP contribution < -0.4 is 0 Å². The van der Waals surface area contributed by atoms with Gasteiger partial charge >= 0.3 is 0 Å². The molecule has 0 bridgehead atoms. The van der Waals surface area contributed by atoms with Gasteiger partial charge in [0.15, 0.2) is 0 Å². The molecule has 0 spiro atoms. The summed E-state index contributed by atoms with van der Waals surface area (Å²) in [6.07, 6.45) is 0.975. The monoisotopic (exact) mass is 224 g/mol. The minimum Gasteiger partial charge on any atom is -0.392 e. The summed E-state index contributed by atoms with van der Waals surface area (Å²) >= 11 is 6.18. The fraction of sp³-hybridized carbons (Fsp3) is 0.273. The van der Waals surface area contributed by atoms with Crippen LogP contribution in [0.2, 0.25) is 0 Å². The maximum atomic E-state index is 9.33. The Bertz CT molecular complexity index is 460. The van der Waals surface area contributed by atoms with Gasteiger partial charge in [-0.2, -0.15) is 0 Å². The van der Waals surface area contributed by atoms with Gasteiger partial charge in [0.2, 0.25) is 0 Å². The van der Waals surface area contributed by atoms with Crippen molar-refractivity contribution in [3.63, 3.8) is 0 Å². The Labute approximate surface area is 92.8 Å². The van der Waals surface area contributed by atoms with Crippen molar-refractivity contribution in [2.45, 2.75) is 24.8 Å². The zero-order chi connectivity index (χ0) is 10.1. The van der Waals surface area contributed by atoms with Gasteiger partial charge in [0.25, 0.3) is 0 Å². The molecular formula is C11H12OS2. The first kappa shape index (κ1) is 10.0. The Morgan fingerprint density at radius 3 is 2.86 bits per heavy atom. The van der Waals surface area contributed by atoms with E-state index in [1.54, 1.807) is 11.3 Å². The van der Waals surface area contributed by atoms with Gasteiger partial charge in [-0.1, -0.05) is 13.0 Å². The first-order valence-corrected chi connectivity index (χ1v) is 5.87. The number of rotatable bonds is 2. The number of fused-ring (bicyclic) bond motifs is 1. The van der Waals surface area contributed by atoms with Gasteiger partial charge in [0, 0.05) is 25.4 Å². The zero-order valence-electron chi connectivity index (χ0n) is 7.95. The number of hydrogen-bond donors (Lipinski definition) is 2. The molecule has 0 aliphatic rings. The third-order valence-electron chi connectivity index (χ3n) is 2.35. The summed E-state index contributed by atoms with van der Waals surface area (Å²) in [5.74, 6) is 0. The highest BCUT2D eigenvalue weighted by atomic mass is 32.1. The van der Waals surface area contributed by atoms with Crippen molar-refractivity contribution in [2.75, 3.05) is 0 Å². The largest absolute Gasteiger partial charge is 0.392 e. The number of aliphatic hydroxyl groups excluding tert-OH is 1. The molecule has 0 radical (unpaired) electrons. The number of aryl methyl sites for hydroxylation is 1. The van der Waals surface area contributed by atoms with Gasteiger partial charge in [-0.25, -0.2) is 0 Å². The Morgan fingerprint density at radius 2 is 2.21 bits per heavy atom. The molecular weight excluding hydrogens is 212 g/mol. The van der Waals surface area contributed by atoms with Crippen molar-refractivity contribution < 1.29 is 5.11 Å². The Kier molecular flexibility index (Phi) is 2.81. The zero-order valence-corrected chi connectivity index (χ0v) is 9.66. The molecule has 1 aromatic carbocycles. The fourth-order valence-corrected chi connectivity index (χ4v) is 3.29. The standard InChI is InChI=1S/C11H12OS2/c1-2-9-7(6-12)11-8(13)4-3-5-10(11)14-9/h3-5,12-13H,2,6H2,1H3. The van der Waals surface area contributed by atoms with E-state index in [1.165, 1.54) is 9.58 Å². The Hall–Kier alpha value is -0.510.